The van der Waals surface area contributed by atoms with Gasteiger partial charge in [-0.1, -0.05) is 6.07 Å². The topological polar surface area (TPSA) is 112 Å². The van der Waals surface area contributed by atoms with Crippen LogP contribution in [0.3, 0.4) is 0 Å². The summed E-state index contributed by atoms with van der Waals surface area (Å²) in [7, 11) is 2.03. The second-order valence-corrected chi connectivity index (χ2v) is 10.7. The van der Waals surface area contributed by atoms with Crippen molar-refractivity contribution in [3.63, 3.8) is 0 Å². The highest BCUT2D eigenvalue weighted by molar-refractivity contribution is 5.96. The number of carbonyl (C=O) groups is 2. The van der Waals surface area contributed by atoms with Gasteiger partial charge >= 0.3 is 6.18 Å². The molecule has 1 unspecified atom stereocenters. The lowest BCUT2D eigenvalue weighted by Gasteiger charge is -2.41. The third-order valence-electron chi connectivity index (χ3n) is 8.22. The van der Waals surface area contributed by atoms with Crippen molar-refractivity contribution in [1.82, 2.24) is 25.1 Å². The molecule has 41 heavy (non-hydrogen) atoms. The number of hydrogen-bond acceptors (Lipinski definition) is 7. The van der Waals surface area contributed by atoms with E-state index in [9.17, 15) is 27.9 Å². The fourth-order valence-electron chi connectivity index (χ4n) is 5.71. The van der Waals surface area contributed by atoms with Crippen molar-refractivity contribution in [1.29, 1.82) is 0 Å². The number of oxazole rings is 1. The Kier molecular flexibility index (Phi) is 8.14. The summed E-state index contributed by atoms with van der Waals surface area (Å²) < 4.78 is 44.1. The number of nitrogens with one attached hydrogen (secondary N) is 1. The monoisotopic (exact) mass is 571 g/mol. The highest BCUT2D eigenvalue weighted by atomic mass is 19.4. The average molecular weight is 572 g/mol. The molecular weight excluding hydrogens is 539 g/mol. The quantitative estimate of drug-likeness (QED) is 0.443. The van der Waals surface area contributed by atoms with Crippen molar-refractivity contribution >= 4 is 11.8 Å². The molecule has 0 radical (unpaired) electrons. The Morgan fingerprint density at radius 2 is 1.93 bits per heavy atom. The van der Waals surface area contributed by atoms with Gasteiger partial charge in [0.15, 0.2) is 0 Å². The van der Waals surface area contributed by atoms with E-state index in [1.54, 1.807) is 17.3 Å². The van der Waals surface area contributed by atoms with E-state index in [2.05, 4.69) is 20.2 Å². The van der Waals surface area contributed by atoms with Crippen LogP contribution in [-0.4, -0.2) is 75.5 Å². The summed E-state index contributed by atoms with van der Waals surface area (Å²) in [6, 6.07) is 8.14. The summed E-state index contributed by atoms with van der Waals surface area (Å²) >= 11 is 0. The molecule has 1 aromatic carbocycles. The lowest BCUT2D eigenvalue weighted by Crippen LogP contribution is -2.47. The van der Waals surface area contributed by atoms with Gasteiger partial charge in [0.1, 0.15) is 11.9 Å². The van der Waals surface area contributed by atoms with Crippen LogP contribution in [0.4, 0.5) is 13.2 Å². The van der Waals surface area contributed by atoms with Crippen LogP contribution in [-0.2, 0) is 16.6 Å². The van der Waals surface area contributed by atoms with Crippen LogP contribution in [0.25, 0.3) is 11.5 Å². The van der Waals surface area contributed by atoms with E-state index in [1.165, 1.54) is 18.4 Å². The third kappa shape index (κ3) is 6.43. The second kappa shape index (κ2) is 11.6. The van der Waals surface area contributed by atoms with Crippen LogP contribution in [0.15, 0.2) is 59.5 Å². The Hall–Kier alpha value is -3.77. The SMILES string of the molecule is CN(C1CCC(O)(c2ccc(-c3ncco3)cn2)CC1)C1CCN(C(=O)CNC(=O)c2cccc(C(F)(F)F)c2)C1. The number of halogens is 3. The minimum absolute atomic E-state index is 0.132. The van der Waals surface area contributed by atoms with Gasteiger partial charge in [-0.15, -0.1) is 0 Å². The maximum Gasteiger partial charge on any atom is 0.416 e. The Bertz CT molecular complexity index is 1360. The first-order valence-corrected chi connectivity index (χ1v) is 13.6. The molecule has 1 aliphatic carbocycles. The zero-order valence-electron chi connectivity index (χ0n) is 22.6. The molecule has 2 amide bonds. The molecule has 3 heterocycles. The van der Waals surface area contributed by atoms with E-state index < -0.39 is 23.2 Å². The van der Waals surface area contributed by atoms with Crippen molar-refractivity contribution in [2.75, 3.05) is 26.7 Å². The van der Waals surface area contributed by atoms with E-state index in [-0.39, 0.29) is 30.1 Å². The van der Waals surface area contributed by atoms with Gasteiger partial charge in [-0.05, 0) is 69.5 Å². The number of hydrogen-bond donors (Lipinski definition) is 2. The molecule has 3 aromatic rings. The van der Waals surface area contributed by atoms with E-state index in [0.717, 1.165) is 37.0 Å². The molecule has 9 nitrogen and oxygen atoms in total. The molecule has 1 saturated heterocycles. The first-order chi connectivity index (χ1) is 19.5. The standard InChI is InChI=1S/C29H32F3N5O4/c1-36(22-7-10-28(40,11-8-22)24-6-5-20(16-34-24)27-33-12-14-41-27)23-9-13-37(18-23)25(38)17-35-26(39)19-3-2-4-21(15-19)29(30,31)32/h2-6,12,14-16,22-23,40H,7-11,13,17-18H2,1H3,(H,35,39). The number of likely N-dealkylation sites (tertiary alicyclic amines) is 1. The second-order valence-electron chi connectivity index (χ2n) is 10.7. The number of likely N-dealkylation sites (N-methyl/N-ethyl adjacent to an activating group) is 1. The number of nitrogens with zero attached hydrogens (tertiary/aromatic N) is 4. The molecule has 218 valence electrons. The number of carbonyl (C=O) groups excluding carboxylic acids is 2. The minimum Gasteiger partial charge on any atom is -0.444 e. The molecule has 2 aromatic heterocycles. The fourth-order valence-corrected chi connectivity index (χ4v) is 5.71. The summed E-state index contributed by atoms with van der Waals surface area (Å²) in [5.41, 5.74) is -0.711. The molecule has 1 saturated carbocycles. The van der Waals surface area contributed by atoms with E-state index >= 15 is 0 Å². The normalized spacial score (nSPS) is 23.1. The van der Waals surface area contributed by atoms with Crippen molar-refractivity contribution in [3.05, 3.63) is 71.9 Å². The van der Waals surface area contributed by atoms with Crippen LogP contribution in [0.2, 0.25) is 0 Å². The van der Waals surface area contributed by atoms with Crippen molar-refractivity contribution in [2.24, 2.45) is 0 Å². The summed E-state index contributed by atoms with van der Waals surface area (Å²) in [6.45, 7) is 0.744. The minimum atomic E-state index is -4.55. The highest BCUT2D eigenvalue weighted by Crippen LogP contribution is 2.39. The largest absolute Gasteiger partial charge is 0.444 e. The Morgan fingerprint density at radius 1 is 1.15 bits per heavy atom. The molecule has 12 heteroatoms. The molecule has 1 aliphatic heterocycles. The van der Waals surface area contributed by atoms with Crippen LogP contribution >= 0.6 is 0 Å². The molecular formula is C29H32F3N5O4. The maximum atomic E-state index is 12.9. The highest BCUT2D eigenvalue weighted by Gasteiger charge is 2.40. The first-order valence-electron chi connectivity index (χ1n) is 13.6. The van der Waals surface area contributed by atoms with Crippen molar-refractivity contribution in [3.8, 4) is 11.5 Å². The van der Waals surface area contributed by atoms with E-state index in [0.29, 0.717) is 37.5 Å². The van der Waals surface area contributed by atoms with Gasteiger partial charge in [-0.3, -0.25) is 19.5 Å². The lowest BCUT2D eigenvalue weighted by molar-refractivity contribution is -0.137. The molecule has 2 N–H and O–H groups in total. The van der Waals surface area contributed by atoms with E-state index in [4.69, 9.17) is 4.42 Å². The maximum absolute atomic E-state index is 12.9. The van der Waals surface area contributed by atoms with Crippen LogP contribution in [0.1, 0.15) is 53.7 Å². The van der Waals surface area contributed by atoms with Gasteiger partial charge in [-0.25, -0.2) is 4.98 Å². The summed E-state index contributed by atoms with van der Waals surface area (Å²) in [5, 5.41) is 13.8. The van der Waals surface area contributed by atoms with Crippen LogP contribution < -0.4 is 5.32 Å². The van der Waals surface area contributed by atoms with Crippen molar-refractivity contribution in [2.45, 2.75) is 56.0 Å². The number of amides is 2. The number of pyridine rings is 1. The number of benzene rings is 1. The molecule has 0 spiro atoms. The zero-order chi connectivity index (χ0) is 29.2. The average Bonchev–Trinajstić information content (AvgIpc) is 3.69. The summed E-state index contributed by atoms with van der Waals surface area (Å²) in [6.07, 6.45) is 3.60. The predicted molar refractivity (Wildman–Crippen MR) is 142 cm³/mol. The molecule has 2 fully saturated rings. The van der Waals surface area contributed by atoms with Gasteiger partial charge in [0.2, 0.25) is 11.8 Å². The van der Waals surface area contributed by atoms with E-state index in [1.807, 2.05) is 19.2 Å². The van der Waals surface area contributed by atoms with Gasteiger partial charge in [0, 0.05) is 36.9 Å². The van der Waals surface area contributed by atoms with Gasteiger partial charge in [-0.2, -0.15) is 13.2 Å². The van der Waals surface area contributed by atoms with Crippen LogP contribution in [0.5, 0.6) is 0 Å². The Balaban J connectivity index is 1.09. The molecule has 2 aliphatic rings. The molecule has 5 rings (SSSR count). The summed E-state index contributed by atoms with van der Waals surface area (Å²) in [5.74, 6) is -0.532. The predicted octanol–water partition coefficient (Wildman–Crippen LogP) is 3.85. The van der Waals surface area contributed by atoms with Crippen molar-refractivity contribution < 1.29 is 32.3 Å². The smallest absolute Gasteiger partial charge is 0.416 e. The Morgan fingerprint density at radius 3 is 2.59 bits per heavy atom. The number of alkyl halides is 3. The number of aromatic nitrogens is 2. The lowest BCUT2D eigenvalue weighted by atomic mass is 9.79. The zero-order valence-corrected chi connectivity index (χ0v) is 22.6. The number of aliphatic hydroxyl groups is 1. The van der Waals surface area contributed by atoms with Gasteiger partial charge < -0.3 is 19.7 Å². The number of rotatable bonds is 7. The van der Waals surface area contributed by atoms with Gasteiger partial charge in [0.05, 0.1) is 29.6 Å². The fraction of sp³-hybridized carbons (Fsp3) is 0.448. The summed E-state index contributed by atoms with van der Waals surface area (Å²) in [4.78, 5) is 37.7. The Labute approximate surface area is 235 Å². The van der Waals surface area contributed by atoms with Gasteiger partial charge in [0.25, 0.3) is 5.91 Å². The third-order valence-corrected chi connectivity index (χ3v) is 8.22. The molecule has 0 bridgehead atoms. The van der Waals surface area contributed by atoms with Crippen LogP contribution in [0, 0.1) is 0 Å². The molecule has 1 atom stereocenters. The first kappa shape index (κ1) is 28.7.